The number of nitrogens with zero attached hydrogens (tertiary/aromatic N) is 2. The lowest BCUT2D eigenvalue weighted by atomic mass is 10.1. The van der Waals surface area contributed by atoms with Gasteiger partial charge in [-0.1, -0.05) is 87.7 Å². The zero-order valence-electron chi connectivity index (χ0n) is 16.9. The molecule has 0 saturated heterocycles. The van der Waals surface area contributed by atoms with Gasteiger partial charge in [-0.25, -0.2) is 4.98 Å². The number of rotatable bonds is 12. The minimum absolute atomic E-state index is 0.426. The van der Waals surface area contributed by atoms with Crippen molar-refractivity contribution < 1.29 is 4.74 Å². The van der Waals surface area contributed by atoms with Crippen LogP contribution in [-0.2, 0) is 13.2 Å². The van der Waals surface area contributed by atoms with E-state index in [2.05, 4.69) is 29.7 Å². The number of halogens is 1. The maximum absolute atomic E-state index is 6.22. The van der Waals surface area contributed by atoms with Gasteiger partial charge in [0, 0.05) is 6.54 Å². The van der Waals surface area contributed by atoms with Crippen molar-refractivity contribution in [1.82, 2.24) is 9.55 Å². The monoisotopic (exact) mass is 398 g/mol. The Labute approximate surface area is 173 Å². The molecule has 3 rings (SSSR count). The van der Waals surface area contributed by atoms with Crippen molar-refractivity contribution in [2.24, 2.45) is 0 Å². The lowest BCUT2D eigenvalue weighted by Gasteiger charge is -2.11. The molecule has 0 amide bonds. The third kappa shape index (κ3) is 5.75. The Hall–Kier alpha value is -2.00. The number of para-hydroxylation sites is 3. The van der Waals surface area contributed by atoms with Crippen molar-refractivity contribution in [3.63, 3.8) is 0 Å². The van der Waals surface area contributed by atoms with E-state index in [1.54, 1.807) is 0 Å². The van der Waals surface area contributed by atoms with E-state index in [-0.39, 0.29) is 0 Å². The van der Waals surface area contributed by atoms with E-state index in [9.17, 15) is 0 Å². The quantitative estimate of drug-likeness (QED) is 0.297. The Balaban J connectivity index is 1.59. The van der Waals surface area contributed by atoms with E-state index < -0.39 is 0 Å². The Kier molecular flexibility index (Phi) is 8.23. The molecule has 0 bridgehead atoms. The Morgan fingerprint density at radius 1 is 0.857 bits per heavy atom. The summed E-state index contributed by atoms with van der Waals surface area (Å²) in [6.45, 7) is 3.68. The summed E-state index contributed by atoms with van der Waals surface area (Å²) in [5, 5.41) is 0.633. The van der Waals surface area contributed by atoms with Crippen LogP contribution in [0.15, 0.2) is 48.5 Å². The van der Waals surface area contributed by atoms with Crippen molar-refractivity contribution in [3.8, 4) is 5.75 Å². The van der Waals surface area contributed by atoms with Crippen LogP contribution in [0.1, 0.15) is 64.1 Å². The van der Waals surface area contributed by atoms with Gasteiger partial charge in [0.05, 0.1) is 16.1 Å². The first-order valence-corrected chi connectivity index (χ1v) is 11.0. The van der Waals surface area contributed by atoms with Crippen LogP contribution < -0.4 is 4.74 Å². The second-order valence-electron chi connectivity index (χ2n) is 7.36. The maximum Gasteiger partial charge on any atom is 0.147 e. The van der Waals surface area contributed by atoms with Crippen LogP contribution in [0.25, 0.3) is 11.0 Å². The van der Waals surface area contributed by atoms with E-state index >= 15 is 0 Å². The van der Waals surface area contributed by atoms with Crippen LogP contribution in [0.5, 0.6) is 5.75 Å². The Morgan fingerprint density at radius 3 is 2.32 bits per heavy atom. The normalized spacial score (nSPS) is 11.2. The molecule has 2 aromatic carbocycles. The van der Waals surface area contributed by atoms with Gasteiger partial charge in [0.2, 0.25) is 0 Å². The predicted molar refractivity (Wildman–Crippen MR) is 118 cm³/mol. The van der Waals surface area contributed by atoms with Crippen LogP contribution >= 0.6 is 11.6 Å². The molecule has 4 heteroatoms. The molecule has 0 unspecified atom stereocenters. The second kappa shape index (κ2) is 11.1. The summed E-state index contributed by atoms with van der Waals surface area (Å²) in [5.41, 5.74) is 2.21. The highest BCUT2D eigenvalue weighted by Crippen LogP contribution is 2.25. The fourth-order valence-corrected chi connectivity index (χ4v) is 3.78. The van der Waals surface area contributed by atoms with Crippen LogP contribution in [0.3, 0.4) is 0 Å². The number of aromatic nitrogens is 2. The van der Waals surface area contributed by atoms with Gasteiger partial charge in [0.25, 0.3) is 0 Å². The topological polar surface area (TPSA) is 27.1 Å². The zero-order valence-corrected chi connectivity index (χ0v) is 17.6. The van der Waals surface area contributed by atoms with E-state index in [1.807, 2.05) is 30.3 Å². The van der Waals surface area contributed by atoms with Gasteiger partial charge in [0.1, 0.15) is 18.2 Å². The van der Waals surface area contributed by atoms with Crippen molar-refractivity contribution in [3.05, 3.63) is 59.4 Å². The molecule has 0 saturated carbocycles. The number of imidazole rings is 1. The second-order valence-corrected chi connectivity index (χ2v) is 7.77. The van der Waals surface area contributed by atoms with Crippen LogP contribution in [-0.4, -0.2) is 9.55 Å². The van der Waals surface area contributed by atoms with Gasteiger partial charge in [-0.3, -0.25) is 0 Å². The highest BCUT2D eigenvalue weighted by molar-refractivity contribution is 6.32. The van der Waals surface area contributed by atoms with Crippen molar-refractivity contribution in [1.29, 1.82) is 0 Å². The zero-order chi connectivity index (χ0) is 19.6. The summed E-state index contributed by atoms with van der Waals surface area (Å²) >= 11 is 6.22. The molecular weight excluding hydrogens is 368 g/mol. The molecule has 0 fully saturated rings. The molecule has 3 aromatic rings. The molecule has 1 aromatic heterocycles. The molecule has 0 N–H and O–H groups in total. The summed E-state index contributed by atoms with van der Waals surface area (Å²) in [4.78, 5) is 4.80. The smallest absolute Gasteiger partial charge is 0.147 e. The van der Waals surface area contributed by atoms with Crippen molar-refractivity contribution in [2.75, 3.05) is 0 Å². The molecule has 150 valence electrons. The number of aryl methyl sites for hydroxylation is 1. The number of benzene rings is 2. The van der Waals surface area contributed by atoms with Crippen LogP contribution in [0, 0.1) is 0 Å². The SMILES string of the molecule is CCCCCCCCCCn1c(COc2ccccc2Cl)nc2ccccc21. The molecule has 3 nitrogen and oxygen atoms in total. The van der Waals surface area contributed by atoms with Crippen LogP contribution in [0.4, 0.5) is 0 Å². The average Bonchev–Trinajstić information content (AvgIpc) is 3.07. The highest BCUT2D eigenvalue weighted by Gasteiger charge is 2.11. The van der Waals surface area contributed by atoms with Crippen molar-refractivity contribution >= 4 is 22.6 Å². The number of hydrogen-bond donors (Lipinski definition) is 0. The third-order valence-electron chi connectivity index (χ3n) is 5.16. The van der Waals surface area contributed by atoms with Gasteiger partial charge in [-0.2, -0.15) is 0 Å². The van der Waals surface area contributed by atoms with Crippen LogP contribution in [0.2, 0.25) is 5.02 Å². The van der Waals surface area contributed by atoms with Gasteiger partial charge < -0.3 is 9.30 Å². The van der Waals surface area contributed by atoms with Gasteiger partial charge >= 0.3 is 0 Å². The Morgan fingerprint density at radius 2 is 1.54 bits per heavy atom. The molecule has 28 heavy (non-hydrogen) atoms. The lowest BCUT2D eigenvalue weighted by Crippen LogP contribution is -2.08. The fraction of sp³-hybridized carbons (Fsp3) is 0.458. The van der Waals surface area contributed by atoms with Crippen molar-refractivity contribution in [2.45, 2.75) is 71.4 Å². The third-order valence-corrected chi connectivity index (χ3v) is 5.47. The number of hydrogen-bond acceptors (Lipinski definition) is 2. The average molecular weight is 399 g/mol. The molecule has 1 heterocycles. The summed E-state index contributed by atoms with van der Waals surface area (Å²) in [5.74, 6) is 1.67. The maximum atomic E-state index is 6.22. The first kappa shape index (κ1) is 20.7. The summed E-state index contributed by atoms with van der Waals surface area (Å²) in [7, 11) is 0. The lowest BCUT2D eigenvalue weighted by molar-refractivity contribution is 0.289. The summed E-state index contributed by atoms with van der Waals surface area (Å²) in [6, 6.07) is 15.9. The van der Waals surface area contributed by atoms with E-state index in [4.69, 9.17) is 21.3 Å². The van der Waals surface area contributed by atoms with E-state index in [0.717, 1.165) is 17.9 Å². The van der Waals surface area contributed by atoms with E-state index in [1.165, 1.54) is 56.9 Å². The first-order chi connectivity index (χ1) is 13.8. The van der Waals surface area contributed by atoms with Gasteiger partial charge in [0.15, 0.2) is 0 Å². The molecule has 0 spiro atoms. The molecule has 0 aliphatic carbocycles. The minimum atomic E-state index is 0.426. The van der Waals surface area contributed by atoms with Gasteiger partial charge in [-0.15, -0.1) is 0 Å². The summed E-state index contributed by atoms with van der Waals surface area (Å²) < 4.78 is 8.27. The predicted octanol–water partition coefficient (Wildman–Crippen LogP) is 7.41. The minimum Gasteiger partial charge on any atom is -0.484 e. The molecule has 0 aliphatic heterocycles. The molecule has 0 aliphatic rings. The van der Waals surface area contributed by atoms with E-state index in [0.29, 0.717) is 17.4 Å². The molecule has 0 radical (unpaired) electrons. The molecule has 0 atom stereocenters. The number of unbranched alkanes of at least 4 members (excludes halogenated alkanes) is 7. The number of ether oxygens (including phenoxy) is 1. The van der Waals surface area contributed by atoms with Gasteiger partial charge in [-0.05, 0) is 30.7 Å². The number of fused-ring (bicyclic) bond motifs is 1. The highest BCUT2D eigenvalue weighted by atomic mass is 35.5. The largest absolute Gasteiger partial charge is 0.484 e. The summed E-state index contributed by atoms with van der Waals surface area (Å²) in [6.07, 6.45) is 10.6. The molecular formula is C24H31ClN2O. The first-order valence-electron chi connectivity index (χ1n) is 10.6. The standard InChI is InChI=1S/C24H31ClN2O/c1-2-3-4-5-6-7-8-13-18-27-22-16-11-10-15-21(22)26-24(27)19-28-23-17-12-9-14-20(23)25/h9-12,14-17H,2-8,13,18-19H2,1H3. The fourth-order valence-electron chi connectivity index (χ4n) is 3.59. The Bertz CT molecular complexity index is 859.